The molecule has 0 unspecified atom stereocenters. The molecular weight excluding hydrogens is 394 g/mol. The van der Waals surface area contributed by atoms with E-state index in [0.29, 0.717) is 22.8 Å². The van der Waals surface area contributed by atoms with Crippen LogP contribution >= 0.6 is 0 Å². The highest BCUT2D eigenvalue weighted by Gasteiger charge is 2.24. The number of hydrogen-bond acceptors (Lipinski definition) is 5. The molecule has 1 saturated carbocycles. The zero-order valence-electron chi connectivity index (χ0n) is 17.6. The SMILES string of the molecule is CC1CCC(NC(=O)COC(=O)c2oc3ccccc3c2COc2ccccc2)CC1. The largest absolute Gasteiger partial charge is 0.489 e. The summed E-state index contributed by atoms with van der Waals surface area (Å²) in [5.74, 6) is 0.502. The van der Waals surface area contributed by atoms with Crippen molar-refractivity contribution in [3.8, 4) is 5.75 Å². The van der Waals surface area contributed by atoms with Crippen molar-refractivity contribution in [2.24, 2.45) is 5.92 Å². The summed E-state index contributed by atoms with van der Waals surface area (Å²) >= 11 is 0. The van der Waals surface area contributed by atoms with Crippen LogP contribution in [0.1, 0.15) is 48.7 Å². The fourth-order valence-corrected chi connectivity index (χ4v) is 3.95. The van der Waals surface area contributed by atoms with E-state index in [0.717, 1.165) is 31.1 Å². The van der Waals surface area contributed by atoms with Crippen LogP contribution < -0.4 is 10.1 Å². The molecule has 31 heavy (non-hydrogen) atoms. The van der Waals surface area contributed by atoms with Crippen LogP contribution in [0.3, 0.4) is 0 Å². The van der Waals surface area contributed by atoms with Crippen LogP contribution in [0.15, 0.2) is 59.0 Å². The molecule has 0 spiro atoms. The number of furan rings is 1. The van der Waals surface area contributed by atoms with E-state index in [9.17, 15) is 9.59 Å². The molecule has 0 bridgehead atoms. The first-order valence-corrected chi connectivity index (χ1v) is 10.7. The Bertz CT molecular complexity index is 1030. The first-order valence-electron chi connectivity index (χ1n) is 10.7. The molecule has 0 radical (unpaired) electrons. The number of ether oxygens (including phenoxy) is 2. The monoisotopic (exact) mass is 421 g/mol. The first-order chi connectivity index (χ1) is 15.1. The topological polar surface area (TPSA) is 77.8 Å². The Labute approximate surface area is 181 Å². The number of amides is 1. The Morgan fingerprint density at radius 3 is 2.48 bits per heavy atom. The van der Waals surface area contributed by atoms with Gasteiger partial charge in [-0.1, -0.05) is 43.3 Å². The molecule has 6 nitrogen and oxygen atoms in total. The molecule has 1 aliphatic carbocycles. The highest BCUT2D eigenvalue weighted by molar-refractivity contribution is 5.96. The normalized spacial score (nSPS) is 18.5. The molecule has 1 aliphatic rings. The molecule has 3 aromatic rings. The number of hydrogen-bond donors (Lipinski definition) is 1. The van der Waals surface area contributed by atoms with E-state index in [4.69, 9.17) is 13.9 Å². The van der Waals surface area contributed by atoms with Gasteiger partial charge in [-0.25, -0.2) is 4.79 Å². The molecule has 2 aromatic carbocycles. The van der Waals surface area contributed by atoms with Crippen molar-refractivity contribution in [1.82, 2.24) is 5.32 Å². The minimum atomic E-state index is -0.671. The maximum Gasteiger partial charge on any atom is 0.375 e. The second-order valence-corrected chi connectivity index (χ2v) is 8.11. The molecule has 6 heteroatoms. The number of carbonyl (C=O) groups is 2. The van der Waals surface area contributed by atoms with E-state index >= 15 is 0 Å². The van der Waals surface area contributed by atoms with Gasteiger partial charge >= 0.3 is 5.97 Å². The third-order valence-electron chi connectivity index (χ3n) is 5.73. The lowest BCUT2D eigenvalue weighted by molar-refractivity contribution is -0.125. The van der Waals surface area contributed by atoms with E-state index < -0.39 is 5.97 Å². The van der Waals surface area contributed by atoms with Crippen molar-refractivity contribution >= 4 is 22.8 Å². The Kier molecular flexibility index (Phi) is 6.55. The maximum atomic E-state index is 12.7. The van der Waals surface area contributed by atoms with Gasteiger partial charge in [-0.15, -0.1) is 0 Å². The fraction of sp³-hybridized carbons (Fsp3) is 0.360. The predicted molar refractivity (Wildman–Crippen MR) is 117 cm³/mol. The second kappa shape index (κ2) is 9.69. The van der Waals surface area contributed by atoms with Crippen molar-refractivity contribution in [3.63, 3.8) is 0 Å². The quantitative estimate of drug-likeness (QED) is 0.551. The van der Waals surface area contributed by atoms with E-state index in [1.165, 1.54) is 0 Å². The Morgan fingerprint density at radius 1 is 1.00 bits per heavy atom. The van der Waals surface area contributed by atoms with Crippen LogP contribution in [0.5, 0.6) is 5.75 Å². The highest BCUT2D eigenvalue weighted by Crippen LogP contribution is 2.28. The molecule has 4 rings (SSSR count). The summed E-state index contributed by atoms with van der Waals surface area (Å²) in [5.41, 5.74) is 1.17. The van der Waals surface area contributed by atoms with Crippen molar-refractivity contribution in [2.45, 2.75) is 45.3 Å². The van der Waals surface area contributed by atoms with Crippen molar-refractivity contribution in [1.29, 1.82) is 0 Å². The van der Waals surface area contributed by atoms with E-state index in [1.54, 1.807) is 6.07 Å². The Morgan fingerprint density at radius 2 is 1.71 bits per heavy atom. The predicted octanol–water partition coefficient (Wildman–Crippen LogP) is 4.86. The molecule has 1 amide bonds. The van der Waals surface area contributed by atoms with Crippen LogP contribution in [-0.4, -0.2) is 24.5 Å². The number of nitrogens with one attached hydrogen (secondary N) is 1. The summed E-state index contributed by atoms with van der Waals surface area (Å²) in [7, 11) is 0. The van der Waals surface area contributed by atoms with Gasteiger partial charge < -0.3 is 19.2 Å². The summed E-state index contributed by atoms with van der Waals surface area (Å²) in [4.78, 5) is 25.0. The fourth-order valence-electron chi connectivity index (χ4n) is 3.95. The van der Waals surface area contributed by atoms with Crippen LogP contribution in [0, 0.1) is 5.92 Å². The average Bonchev–Trinajstić information content (AvgIpc) is 3.17. The van der Waals surface area contributed by atoms with E-state index in [1.807, 2.05) is 48.5 Å². The van der Waals surface area contributed by atoms with Gasteiger partial charge in [0.05, 0.1) is 5.56 Å². The van der Waals surface area contributed by atoms with Crippen LogP contribution in [0.2, 0.25) is 0 Å². The average molecular weight is 421 g/mol. The number of para-hydroxylation sites is 2. The molecule has 1 N–H and O–H groups in total. The minimum Gasteiger partial charge on any atom is -0.489 e. The third-order valence-corrected chi connectivity index (χ3v) is 5.73. The zero-order valence-corrected chi connectivity index (χ0v) is 17.6. The van der Waals surface area contributed by atoms with Gasteiger partial charge in [0, 0.05) is 11.4 Å². The molecular formula is C25H27NO5. The van der Waals surface area contributed by atoms with Crippen LogP contribution in [0.4, 0.5) is 0 Å². The van der Waals surface area contributed by atoms with Crippen molar-refractivity contribution < 1.29 is 23.5 Å². The van der Waals surface area contributed by atoms with Gasteiger partial charge in [-0.3, -0.25) is 4.79 Å². The number of fused-ring (bicyclic) bond motifs is 1. The molecule has 0 atom stereocenters. The van der Waals surface area contributed by atoms with E-state index in [2.05, 4.69) is 12.2 Å². The summed E-state index contributed by atoms with van der Waals surface area (Å²) in [6.07, 6.45) is 4.14. The lowest BCUT2D eigenvalue weighted by Crippen LogP contribution is -2.39. The maximum absolute atomic E-state index is 12.7. The minimum absolute atomic E-state index is 0.0661. The van der Waals surface area contributed by atoms with Crippen LogP contribution in [0.25, 0.3) is 11.0 Å². The standard InChI is InChI=1S/C25H27NO5/c1-17-11-13-18(14-12-17)26-23(27)16-30-25(28)24-21(15-29-19-7-3-2-4-8-19)20-9-5-6-10-22(20)31-24/h2-10,17-18H,11-16H2,1H3,(H,26,27). The van der Waals surface area contributed by atoms with Gasteiger partial charge in [-0.2, -0.15) is 0 Å². The Balaban J connectivity index is 1.41. The van der Waals surface area contributed by atoms with Gasteiger partial charge in [0.15, 0.2) is 6.61 Å². The number of benzene rings is 2. The lowest BCUT2D eigenvalue weighted by Gasteiger charge is -2.26. The summed E-state index contributed by atoms with van der Waals surface area (Å²) in [6.45, 7) is 2.05. The molecule has 1 fully saturated rings. The van der Waals surface area contributed by atoms with Crippen molar-refractivity contribution in [2.75, 3.05) is 6.61 Å². The lowest BCUT2D eigenvalue weighted by atomic mass is 9.87. The Hall–Kier alpha value is -3.28. The van der Waals surface area contributed by atoms with E-state index in [-0.39, 0.29) is 30.9 Å². The molecule has 162 valence electrons. The molecule has 1 aromatic heterocycles. The highest BCUT2D eigenvalue weighted by atomic mass is 16.5. The number of carbonyl (C=O) groups excluding carboxylic acids is 2. The molecule has 0 aliphatic heterocycles. The summed E-state index contributed by atoms with van der Waals surface area (Å²) in [5, 5.41) is 3.75. The van der Waals surface area contributed by atoms with Gasteiger partial charge in [0.1, 0.15) is 17.9 Å². The van der Waals surface area contributed by atoms with Gasteiger partial charge in [0.25, 0.3) is 5.91 Å². The van der Waals surface area contributed by atoms with Crippen LogP contribution in [-0.2, 0) is 16.1 Å². The zero-order chi connectivity index (χ0) is 21.6. The summed E-state index contributed by atoms with van der Waals surface area (Å²) < 4.78 is 16.9. The van der Waals surface area contributed by atoms with Gasteiger partial charge in [0.2, 0.25) is 5.76 Å². The third kappa shape index (κ3) is 5.26. The second-order valence-electron chi connectivity index (χ2n) is 8.11. The molecule has 1 heterocycles. The molecule has 0 saturated heterocycles. The van der Waals surface area contributed by atoms with Gasteiger partial charge in [-0.05, 0) is 49.8 Å². The smallest absolute Gasteiger partial charge is 0.375 e. The number of esters is 1. The first kappa shape index (κ1) is 21.0. The summed E-state index contributed by atoms with van der Waals surface area (Å²) in [6, 6.07) is 16.9. The number of rotatable bonds is 7. The van der Waals surface area contributed by atoms with Crippen molar-refractivity contribution in [3.05, 3.63) is 65.9 Å².